The highest BCUT2D eigenvalue weighted by Gasteiger charge is 2.29. The lowest BCUT2D eigenvalue weighted by Gasteiger charge is -2.40. The Labute approximate surface area is 205 Å². The fraction of sp³-hybridized carbons (Fsp3) is 0.286. The van der Waals surface area contributed by atoms with Crippen molar-refractivity contribution < 1.29 is 14.0 Å². The molecule has 0 aliphatic carbocycles. The molecule has 1 saturated heterocycles. The summed E-state index contributed by atoms with van der Waals surface area (Å²) < 4.78 is 13.2. The summed E-state index contributed by atoms with van der Waals surface area (Å²) in [5, 5.41) is 2.98. The van der Waals surface area contributed by atoms with E-state index in [1.807, 2.05) is 36.4 Å². The fourth-order valence-electron chi connectivity index (χ4n) is 4.64. The molecule has 0 radical (unpaired) electrons. The Balaban J connectivity index is 1.36. The molecule has 7 heteroatoms. The third-order valence-electron chi connectivity index (χ3n) is 6.70. The van der Waals surface area contributed by atoms with Gasteiger partial charge in [-0.2, -0.15) is 0 Å². The molecule has 35 heavy (non-hydrogen) atoms. The maximum Gasteiger partial charge on any atom is 0.315 e. The maximum atomic E-state index is 13.2. The number of anilines is 1. The number of rotatable bonds is 7. The van der Waals surface area contributed by atoms with Crippen molar-refractivity contribution in [3.8, 4) is 0 Å². The van der Waals surface area contributed by atoms with E-state index in [9.17, 15) is 14.0 Å². The monoisotopic (exact) mass is 474 g/mol. The van der Waals surface area contributed by atoms with Gasteiger partial charge in [-0.25, -0.2) is 9.18 Å². The van der Waals surface area contributed by atoms with E-state index in [4.69, 9.17) is 5.73 Å². The van der Waals surface area contributed by atoms with Gasteiger partial charge in [-0.05, 0) is 67.3 Å². The summed E-state index contributed by atoms with van der Waals surface area (Å²) in [6, 6.07) is 23.0. The number of hydrogen-bond acceptors (Lipinski definition) is 3. The van der Waals surface area contributed by atoms with Crippen molar-refractivity contribution in [1.29, 1.82) is 0 Å². The quantitative estimate of drug-likeness (QED) is 0.495. The highest BCUT2D eigenvalue weighted by molar-refractivity contribution is 6.04. The van der Waals surface area contributed by atoms with Crippen LogP contribution in [0, 0.1) is 5.82 Å². The second-order valence-corrected chi connectivity index (χ2v) is 8.98. The van der Waals surface area contributed by atoms with Crippen molar-refractivity contribution in [3.05, 3.63) is 101 Å². The van der Waals surface area contributed by atoms with Crippen LogP contribution in [0.25, 0.3) is 0 Å². The van der Waals surface area contributed by atoms with Crippen LogP contribution in [0.15, 0.2) is 78.9 Å². The number of primary amides is 1. The fourth-order valence-corrected chi connectivity index (χ4v) is 4.64. The number of piperidine rings is 1. The molecule has 0 bridgehead atoms. The van der Waals surface area contributed by atoms with Crippen LogP contribution in [0.1, 0.15) is 47.3 Å². The maximum absolute atomic E-state index is 13.2. The van der Waals surface area contributed by atoms with Crippen LogP contribution in [0.4, 0.5) is 14.9 Å². The molecule has 4 rings (SSSR count). The van der Waals surface area contributed by atoms with Crippen molar-refractivity contribution in [2.75, 3.05) is 18.4 Å². The molecule has 1 heterocycles. The molecular formula is C28H31FN4O2. The normalized spacial score (nSPS) is 15.4. The summed E-state index contributed by atoms with van der Waals surface area (Å²) in [6.07, 6.45) is 1.61. The Kier molecular flexibility index (Phi) is 7.77. The van der Waals surface area contributed by atoms with E-state index in [-0.39, 0.29) is 23.8 Å². The SMILES string of the molecule is CC(c1cccc(NC(=O)c2ccccc2)c1)N1CCC(N(Cc2ccc(F)cc2)C(N)=O)CC1. The van der Waals surface area contributed by atoms with Crippen LogP contribution >= 0.6 is 0 Å². The lowest BCUT2D eigenvalue weighted by Crippen LogP contribution is -2.49. The number of hydrogen-bond donors (Lipinski definition) is 2. The topological polar surface area (TPSA) is 78.7 Å². The second-order valence-electron chi connectivity index (χ2n) is 8.98. The molecule has 3 aromatic carbocycles. The van der Waals surface area contributed by atoms with Crippen molar-refractivity contribution in [1.82, 2.24) is 9.80 Å². The average molecular weight is 475 g/mol. The number of halogens is 1. The van der Waals surface area contributed by atoms with E-state index in [2.05, 4.69) is 23.2 Å². The molecule has 3 N–H and O–H groups in total. The van der Waals surface area contributed by atoms with E-state index in [1.165, 1.54) is 12.1 Å². The van der Waals surface area contributed by atoms with Crippen molar-refractivity contribution >= 4 is 17.6 Å². The minimum absolute atomic E-state index is 0.0393. The van der Waals surface area contributed by atoms with Gasteiger partial charge in [-0.15, -0.1) is 0 Å². The molecule has 1 fully saturated rings. The van der Waals surface area contributed by atoms with Gasteiger partial charge in [0, 0.05) is 43.0 Å². The first kappa shape index (κ1) is 24.4. The number of benzene rings is 3. The predicted octanol–water partition coefficient (Wildman–Crippen LogP) is 5.18. The van der Waals surface area contributed by atoms with E-state index >= 15 is 0 Å². The van der Waals surface area contributed by atoms with Gasteiger partial charge in [0.2, 0.25) is 0 Å². The van der Waals surface area contributed by atoms with Crippen LogP contribution in [-0.4, -0.2) is 40.9 Å². The van der Waals surface area contributed by atoms with Crippen molar-refractivity contribution in [3.63, 3.8) is 0 Å². The Morgan fingerprint density at radius 2 is 1.71 bits per heavy atom. The Hall–Kier alpha value is -3.71. The number of urea groups is 1. The van der Waals surface area contributed by atoms with Gasteiger partial charge in [0.25, 0.3) is 5.91 Å². The van der Waals surface area contributed by atoms with Crippen LogP contribution in [0.3, 0.4) is 0 Å². The highest BCUT2D eigenvalue weighted by atomic mass is 19.1. The summed E-state index contributed by atoms with van der Waals surface area (Å²) in [4.78, 5) is 28.7. The number of amides is 3. The van der Waals surface area contributed by atoms with Gasteiger partial charge < -0.3 is 16.0 Å². The Morgan fingerprint density at radius 1 is 1.03 bits per heavy atom. The molecule has 0 saturated carbocycles. The summed E-state index contributed by atoms with van der Waals surface area (Å²) >= 11 is 0. The smallest absolute Gasteiger partial charge is 0.315 e. The number of carbonyl (C=O) groups excluding carboxylic acids is 2. The van der Waals surface area contributed by atoms with Gasteiger partial charge in [-0.3, -0.25) is 9.69 Å². The first-order chi connectivity index (χ1) is 16.9. The zero-order chi connectivity index (χ0) is 24.8. The zero-order valence-corrected chi connectivity index (χ0v) is 19.9. The molecule has 1 unspecified atom stereocenters. The Morgan fingerprint density at radius 3 is 2.37 bits per heavy atom. The molecule has 182 valence electrons. The lowest BCUT2D eigenvalue weighted by molar-refractivity contribution is 0.100. The molecule has 6 nitrogen and oxygen atoms in total. The molecule has 1 aliphatic heterocycles. The summed E-state index contributed by atoms with van der Waals surface area (Å²) in [5.41, 5.74) is 9.05. The van der Waals surface area contributed by atoms with Gasteiger partial charge in [0.05, 0.1) is 0 Å². The summed E-state index contributed by atoms with van der Waals surface area (Å²) in [5.74, 6) is -0.436. The molecule has 1 atom stereocenters. The van der Waals surface area contributed by atoms with E-state index < -0.39 is 6.03 Å². The molecular weight excluding hydrogens is 443 g/mol. The van der Waals surface area contributed by atoms with E-state index in [1.54, 1.807) is 29.2 Å². The zero-order valence-electron chi connectivity index (χ0n) is 19.9. The number of likely N-dealkylation sites (tertiary alicyclic amines) is 1. The highest BCUT2D eigenvalue weighted by Crippen LogP contribution is 2.28. The second kappa shape index (κ2) is 11.1. The first-order valence-electron chi connectivity index (χ1n) is 11.9. The van der Waals surface area contributed by atoms with Gasteiger partial charge in [0.15, 0.2) is 0 Å². The lowest BCUT2D eigenvalue weighted by atomic mass is 9.98. The largest absolute Gasteiger partial charge is 0.351 e. The van der Waals surface area contributed by atoms with Crippen LogP contribution in [0.5, 0.6) is 0 Å². The third-order valence-corrected chi connectivity index (χ3v) is 6.70. The van der Waals surface area contributed by atoms with Crippen molar-refractivity contribution in [2.24, 2.45) is 5.73 Å². The molecule has 0 aromatic heterocycles. The summed E-state index contributed by atoms with van der Waals surface area (Å²) in [7, 11) is 0. The standard InChI is InChI=1S/C28H31FN4O2/c1-20(23-8-5-9-25(18-23)31-27(34)22-6-3-2-4-7-22)32-16-14-26(15-17-32)33(28(30)35)19-21-10-12-24(29)13-11-21/h2-13,18,20,26H,14-17,19H2,1H3,(H2,30,35)(H,31,34). The molecule has 0 spiro atoms. The van der Waals surface area contributed by atoms with Crippen LogP contribution < -0.4 is 11.1 Å². The van der Waals surface area contributed by atoms with Crippen LogP contribution in [0.2, 0.25) is 0 Å². The van der Waals surface area contributed by atoms with Gasteiger partial charge in [0.1, 0.15) is 5.82 Å². The van der Waals surface area contributed by atoms with E-state index in [0.29, 0.717) is 12.1 Å². The number of carbonyl (C=O) groups is 2. The molecule has 3 aromatic rings. The van der Waals surface area contributed by atoms with Gasteiger partial charge >= 0.3 is 6.03 Å². The number of nitrogens with zero attached hydrogens (tertiary/aromatic N) is 2. The summed E-state index contributed by atoms with van der Waals surface area (Å²) in [6.45, 7) is 4.17. The van der Waals surface area contributed by atoms with E-state index in [0.717, 1.165) is 42.7 Å². The minimum atomic E-state index is -0.456. The van der Waals surface area contributed by atoms with Crippen molar-refractivity contribution in [2.45, 2.75) is 38.4 Å². The molecule has 1 aliphatic rings. The van der Waals surface area contributed by atoms with Crippen LogP contribution in [-0.2, 0) is 6.54 Å². The molecule has 3 amide bonds. The van der Waals surface area contributed by atoms with Gasteiger partial charge in [-0.1, -0.05) is 42.5 Å². The first-order valence-corrected chi connectivity index (χ1v) is 11.9. The number of nitrogens with two attached hydrogens (primary N) is 1. The average Bonchev–Trinajstić information content (AvgIpc) is 2.88. The predicted molar refractivity (Wildman–Crippen MR) is 135 cm³/mol. The third kappa shape index (κ3) is 6.25. The number of nitrogens with one attached hydrogen (secondary N) is 1. The minimum Gasteiger partial charge on any atom is -0.351 e. The Bertz CT molecular complexity index is 1150.